The zero-order chi connectivity index (χ0) is 15.5. The monoisotopic (exact) mass is 314 g/mol. The number of hydrogen-bond donors (Lipinski definition) is 1. The quantitative estimate of drug-likeness (QED) is 0.850. The van der Waals surface area contributed by atoms with E-state index in [0.29, 0.717) is 35.1 Å². The van der Waals surface area contributed by atoms with Crippen LogP contribution in [0.25, 0.3) is 0 Å². The van der Waals surface area contributed by atoms with Crippen LogP contribution in [0.5, 0.6) is 5.75 Å². The van der Waals surface area contributed by atoms with Gasteiger partial charge in [-0.1, -0.05) is 23.2 Å². The molecule has 0 unspecified atom stereocenters. The number of ether oxygens (including phenoxy) is 1. The fraction of sp³-hybridized carbons (Fsp3) is 0.176. The van der Waals surface area contributed by atoms with Crippen LogP contribution in [-0.4, -0.2) is 18.1 Å². The van der Waals surface area contributed by atoms with Crippen molar-refractivity contribution in [1.82, 2.24) is 0 Å². The topological polar surface area (TPSA) is 50.7 Å². The standard InChI is InChI=1S/C17H15ClN2O2/c1-11-2-7-16-14(10-11)17(21)15(8-9-22-16)20-19-13-5-3-12(18)4-6-13/h2-7,10,19H,8-9H2,1H3/b20-15+. The highest BCUT2D eigenvalue weighted by molar-refractivity contribution is 6.46. The summed E-state index contributed by atoms with van der Waals surface area (Å²) < 4.78 is 5.62. The van der Waals surface area contributed by atoms with Crippen LogP contribution in [0.2, 0.25) is 5.02 Å². The van der Waals surface area contributed by atoms with Gasteiger partial charge in [-0.05, 0) is 43.3 Å². The summed E-state index contributed by atoms with van der Waals surface area (Å²) in [6.07, 6.45) is 0.465. The molecule has 0 fully saturated rings. The molecule has 3 rings (SSSR count). The van der Waals surface area contributed by atoms with Gasteiger partial charge in [-0.25, -0.2) is 0 Å². The van der Waals surface area contributed by atoms with Crippen LogP contribution in [0.15, 0.2) is 47.6 Å². The van der Waals surface area contributed by atoms with Gasteiger partial charge in [0.25, 0.3) is 0 Å². The number of anilines is 1. The molecular formula is C17H15ClN2O2. The number of benzene rings is 2. The Morgan fingerprint density at radius 3 is 2.73 bits per heavy atom. The maximum absolute atomic E-state index is 12.6. The average Bonchev–Trinajstić information content (AvgIpc) is 2.67. The largest absolute Gasteiger partial charge is 0.492 e. The molecule has 2 aromatic carbocycles. The number of rotatable bonds is 2. The predicted octanol–water partition coefficient (Wildman–Crippen LogP) is 4.08. The van der Waals surface area contributed by atoms with E-state index in [1.165, 1.54) is 0 Å². The molecule has 0 radical (unpaired) electrons. The van der Waals surface area contributed by atoms with Crippen molar-refractivity contribution in [2.24, 2.45) is 5.10 Å². The Kier molecular flexibility index (Phi) is 4.11. The molecule has 0 bridgehead atoms. The van der Waals surface area contributed by atoms with Crippen molar-refractivity contribution in [2.45, 2.75) is 13.3 Å². The maximum Gasteiger partial charge on any atom is 0.212 e. The molecule has 0 amide bonds. The third-order valence-electron chi connectivity index (χ3n) is 3.40. The third kappa shape index (κ3) is 3.12. The van der Waals surface area contributed by atoms with E-state index in [1.807, 2.05) is 37.3 Å². The fourth-order valence-electron chi connectivity index (χ4n) is 2.24. The number of halogens is 1. The average molecular weight is 315 g/mol. The smallest absolute Gasteiger partial charge is 0.212 e. The van der Waals surface area contributed by atoms with E-state index in [9.17, 15) is 4.79 Å². The van der Waals surface area contributed by atoms with Crippen LogP contribution in [-0.2, 0) is 0 Å². The first-order chi connectivity index (χ1) is 10.6. The minimum Gasteiger partial charge on any atom is -0.492 e. The van der Waals surface area contributed by atoms with Crippen molar-refractivity contribution >= 4 is 28.8 Å². The van der Waals surface area contributed by atoms with E-state index >= 15 is 0 Å². The van der Waals surface area contributed by atoms with Crippen LogP contribution in [0.3, 0.4) is 0 Å². The molecule has 0 saturated carbocycles. The maximum atomic E-state index is 12.6. The number of Topliss-reactive ketones (excluding diaryl/α,β-unsaturated/α-hetero) is 1. The van der Waals surface area contributed by atoms with Gasteiger partial charge < -0.3 is 4.74 Å². The van der Waals surface area contributed by atoms with Gasteiger partial charge in [0, 0.05) is 11.4 Å². The second-order valence-electron chi connectivity index (χ2n) is 5.10. The normalized spacial score (nSPS) is 15.9. The highest BCUT2D eigenvalue weighted by Crippen LogP contribution is 2.24. The Morgan fingerprint density at radius 2 is 1.95 bits per heavy atom. The summed E-state index contributed by atoms with van der Waals surface area (Å²) >= 11 is 5.84. The lowest BCUT2D eigenvalue weighted by Crippen LogP contribution is -2.15. The number of nitrogens with zero attached hydrogens (tertiary/aromatic N) is 1. The highest BCUT2D eigenvalue weighted by Gasteiger charge is 2.22. The molecule has 112 valence electrons. The molecule has 5 heteroatoms. The van der Waals surface area contributed by atoms with Crippen LogP contribution in [0, 0.1) is 6.92 Å². The van der Waals surface area contributed by atoms with Crippen molar-refractivity contribution in [2.75, 3.05) is 12.0 Å². The van der Waals surface area contributed by atoms with E-state index in [4.69, 9.17) is 16.3 Å². The summed E-state index contributed by atoms with van der Waals surface area (Å²) in [5, 5.41) is 4.90. The Balaban J connectivity index is 1.86. The van der Waals surface area contributed by atoms with E-state index in [1.54, 1.807) is 12.1 Å². The number of aryl methyl sites for hydroxylation is 1. The van der Waals surface area contributed by atoms with Crippen LogP contribution in [0.4, 0.5) is 5.69 Å². The lowest BCUT2D eigenvalue weighted by Gasteiger charge is -2.06. The van der Waals surface area contributed by atoms with Crippen molar-refractivity contribution < 1.29 is 9.53 Å². The number of hydrogen-bond acceptors (Lipinski definition) is 4. The van der Waals surface area contributed by atoms with Crippen molar-refractivity contribution in [3.63, 3.8) is 0 Å². The highest BCUT2D eigenvalue weighted by atomic mass is 35.5. The van der Waals surface area contributed by atoms with Crippen LogP contribution in [0.1, 0.15) is 22.3 Å². The van der Waals surface area contributed by atoms with E-state index in [-0.39, 0.29) is 5.78 Å². The van der Waals surface area contributed by atoms with E-state index in [2.05, 4.69) is 10.5 Å². The first-order valence-corrected chi connectivity index (χ1v) is 7.37. The van der Waals surface area contributed by atoms with Gasteiger partial charge in [0.15, 0.2) is 0 Å². The minimum atomic E-state index is -0.0994. The number of carbonyl (C=O) groups excluding carboxylic acids is 1. The van der Waals surface area contributed by atoms with Gasteiger partial charge in [0.1, 0.15) is 11.5 Å². The second kappa shape index (κ2) is 6.20. The summed E-state index contributed by atoms with van der Waals surface area (Å²) in [4.78, 5) is 12.6. The lowest BCUT2D eigenvalue weighted by molar-refractivity contribution is 0.106. The molecule has 1 aliphatic rings. The number of ketones is 1. The SMILES string of the molecule is Cc1ccc2c(c1)C(=O)/C(=N/Nc1ccc(Cl)cc1)CCO2. The van der Waals surface area contributed by atoms with Crippen molar-refractivity contribution in [1.29, 1.82) is 0 Å². The van der Waals surface area contributed by atoms with Gasteiger partial charge >= 0.3 is 0 Å². The van der Waals surface area contributed by atoms with Gasteiger partial charge in [-0.15, -0.1) is 0 Å². The Bertz CT molecular complexity index is 739. The summed E-state index contributed by atoms with van der Waals surface area (Å²) in [7, 11) is 0. The summed E-state index contributed by atoms with van der Waals surface area (Å²) in [5.74, 6) is 0.518. The molecule has 1 N–H and O–H groups in total. The fourth-order valence-corrected chi connectivity index (χ4v) is 2.36. The molecule has 2 aromatic rings. The Labute approximate surface area is 133 Å². The van der Waals surface area contributed by atoms with Gasteiger partial charge in [-0.2, -0.15) is 5.10 Å². The molecule has 4 nitrogen and oxygen atoms in total. The van der Waals surface area contributed by atoms with Crippen LogP contribution < -0.4 is 10.2 Å². The van der Waals surface area contributed by atoms with Crippen molar-refractivity contribution in [3.8, 4) is 5.75 Å². The van der Waals surface area contributed by atoms with Crippen molar-refractivity contribution in [3.05, 3.63) is 58.6 Å². The molecule has 0 atom stereocenters. The molecule has 0 aromatic heterocycles. The second-order valence-corrected chi connectivity index (χ2v) is 5.54. The molecule has 0 saturated heterocycles. The summed E-state index contributed by atoms with van der Waals surface area (Å²) in [5.41, 5.74) is 5.71. The first kappa shape index (κ1) is 14.6. The zero-order valence-corrected chi connectivity index (χ0v) is 12.9. The lowest BCUT2D eigenvalue weighted by atomic mass is 10.0. The van der Waals surface area contributed by atoms with E-state index in [0.717, 1.165) is 11.3 Å². The van der Waals surface area contributed by atoms with Gasteiger partial charge in [0.05, 0.1) is 17.9 Å². The Morgan fingerprint density at radius 1 is 1.18 bits per heavy atom. The third-order valence-corrected chi connectivity index (χ3v) is 3.65. The van der Waals surface area contributed by atoms with E-state index < -0.39 is 0 Å². The Hall–Kier alpha value is -2.33. The number of fused-ring (bicyclic) bond motifs is 1. The molecule has 0 spiro atoms. The number of nitrogens with one attached hydrogen (secondary N) is 1. The van der Waals surface area contributed by atoms with Gasteiger partial charge in [-0.3, -0.25) is 10.2 Å². The molecule has 0 aliphatic carbocycles. The molecule has 22 heavy (non-hydrogen) atoms. The summed E-state index contributed by atoms with van der Waals surface area (Å²) in [6, 6.07) is 12.7. The van der Waals surface area contributed by atoms with Crippen LogP contribution >= 0.6 is 11.6 Å². The summed E-state index contributed by atoms with van der Waals surface area (Å²) in [6.45, 7) is 2.38. The predicted molar refractivity (Wildman–Crippen MR) is 88.1 cm³/mol. The number of carbonyl (C=O) groups is 1. The molecule has 1 aliphatic heterocycles. The minimum absolute atomic E-state index is 0.0994. The molecular weight excluding hydrogens is 300 g/mol. The molecule has 1 heterocycles. The zero-order valence-electron chi connectivity index (χ0n) is 12.1. The first-order valence-electron chi connectivity index (χ1n) is 7.00. The number of hydrazone groups is 1. The van der Waals surface area contributed by atoms with Gasteiger partial charge in [0.2, 0.25) is 5.78 Å².